The second-order valence-corrected chi connectivity index (χ2v) is 7.73. The highest BCUT2D eigenvalue weighted by Gasteiger charge is 2.17. The molecule has 0 heterocycles. The first-order chi connectivity index (χ1) is 13.7. The number of nitrogens with zero attached hydrogens (tertiary/aromatic N) is 1. The Labute approximate surface area is 169 Å². The highest BCUT2D eigenvalue weighted by Crippen LogP contribution is 2.41. The van der Waals surface area contributed by atoms with Crippen LogP contribution in [-0.4, -0.2) is 13.1 Å². The maximum Gasteiger partial charge on any atom is 0.0452 e. The van der Waals surface area contributed by atoms with E-state index in [1.807, 2.05) is 0 Å². The Balaban J connectivity index is 2.19. The van der Waals surface area contributed by atoms with E-state index in [0.29, 0.717) is 5.92 Å². The Morgan fingerprint density at radius 3 is 1.68 bits per heavy atom. The molecule has 144 valence electrons. The maximum atomic E-state index is 2.49. The van der Waals surface area contributed by atoms with Crippen molar-refractivity contribution < 1.29 is 0 Å². The summed E-state index contributed by atoms with van der Waals surface area (Å²) in [4.78, 5) is 2.48. The number of benzene rings is 4. The van der Waals surface area contributed by atoms with Crippen molar-refractivity contribution in [3.05, 3.63) is 66.2 Å². The van der Waals surface area contributed by atoms with Gasteiger partial charge in [0.25, 0.3) is 0 Å². The second-order valence-electron chi connectivity index (χ2n) is 7.73. The third kappa shape index (κ3) is 2.94. The molecular formula is C27H31N. The second kappa shape index (κ2) is 7.83. The smallest absolute Gasteiger partial charge is 0.0452 e. The van der Waals surface area contributed by atoms with Crippen LogP contribution in [0.1, 0.15) is 52.0 Å². The van der Waals surface area contributed by atoms with Crippen molar-refractivity contribution in [1.29, 1.82) is 0 Å². The summed E-state index contributed by atoms with van der Waals surface area (Å²) < 4.78 is 0. The van der Waals surface area contributed by atoms with Crippen molar-refractivity contribution in [2.24, 2.45) is 0 Å². The largest absolute Gasteiger partial charge is 0.372 e. The molecule has 0 saturated heterocycles. The minimum atomic E-state index is 0.607. The zero-order chi connectivity index (χ0) is 19.7. The van der Waals surface area contributed by atoms with E-state index < -0.39 is 0 Å². The van der Waals surface area contributed by atoms with Crippen LogP contribution in [0.3, 0.4) is 0 Å². The number of hydrogen-bond donors (Lipinski definition) is 0. The molecule has 0 bridgehead atoms. The summed E-state index contributed by atoms with van der Waals surface area (Å²) in [6.07, 6.45) is 2.36. The van der Waals surface area contributed by atoms with E-state index in [9.17, 15) is 0 Å². The minimum Gasteiger partial charge on any atom is -0.372 e. The molecule has 0 aliphatic rings. The van der Waals surface area contributed by atoms with Crippen molar-refractivity contribution >= 4 is 38.0 Å². The van der Waals surface area contributed by atoms with E-state index in [1.54, 1.807) is 0 Å². The zero-order valence-corrected chi connectivity index (χ0v) is 17.6. The van der Waals surface area contributed by atoms with Crippen molar-refractivity contribution in [3.63, 3.8) is 0 Å². The van der Waals surface area contributed by atoms with E-state index in [0.717, 1.165) is 13.1 Å². The molecule has 0 unspecified atom stereocenters. The Kier molecular flexibility index (Phi) is 5.26. The van der Waals surface area contributed by atoms with Crippen LogP contribution in [0.2, 0.25) is 0 Å². The monoisotopic (exact) mass is 369 g/mol. The molecule has 4 aromatic carbocycles. The van der Waals surface area contributed by atoms with Crippen LogP contribution in [0.5, 0.6) is 0 Å². The molecule has 0 amide bonds. The number of fused-ring (bicyclic) bond motifs is 5. The lowest BCUT2D eigenvalue weighted by atomic mass is 9.85. The highest BCUT2D eigenvalue weighted by molar-refractivity contribution is 6.21. The topological polar surface area (TPSA) is 3.24 Å². The van der Waals surface area contributed by atoms with Gasteiger partial charge in [0, 0.05) is 24.2 Å². The lowest BCUT2D eigenvalue weighted by Gasteiger charge is -2.25. The molecule has 4 rings (SSSR count). The van der Waals surface area contributed by atoms with Gasteiger partial charge < -0.3 is 4.90 Å². The molecule has 4 aromatic rings. The number of hydrogen-bond acceptors (Lipinski definition) is 1. The zero-order valence-electron chi connectivity index (χ0n) is 17.6. The van der Waals surface area contributed by atoms with E-state index in [4.69, 9.17) is 0 Å². The van der Waals surface area contributed by atoms with E-state index in [1.165, 1.54) is 56.4 Å². The fourth-order valence-electron chi connectivity index (χ4n) is 4.85. The summed E-state index contributed by atoms with van der Waals surface area (Å²) >= 11 is 0. The van der Waals surface area contributed by atoms with Crippen molar-refractivity contribution in [2.45, 2.75) is 46.5 Å². The van der Waals surface area contributed by atoms with E-state index in [-0.39, 0.29) is 0 Å². The third-order valence-electron chi connectivity index (χ3n) is 6.42. The van der Waals surface area contributed by atoms with Crippen LogP contribution >= 0.6 is 0 Å². The normalized spacial score (nSPS) is 11.8. The number of rotatable bonds is 6. The first-order valence-corrected chi connectivity index (χ1v) is 10.8. The molecular weight excluding hydrogens is 338 g/mol. The molecule has 0 spiro atoms. The average Bonchev–Trinajstić information content (AvgIpc) is 2.75. The number of anilines is 1. The van der Waals surface area contributed by atoms with Crippen LogP contribution in [0.4, 0.5) is 5.69 Å². The summed E-state index contributed by atoms with van der Waals surface area (Å²) in [6.45, 7) is 11.2. The predicted molar refractivity (Wildman–Crippen MR) is 126 cm³/mol. The van der Waals surface area contributed by atoms with Gasteiger partial charge >= 0.3 is 0 Å². The van der Waals surface area contributed by atoms with E-state index >= 15 is 0 Å². The maximum absolute atomic E-state index is 2.49. The minimum absolute atomic E-state index is 0.607. The van der Waals surface area contributed by atoms with Gasteiger partial charge in [-0.2, -0.15) is 0 Å². The fraction of sp³-hybridized carbons (Fsp3) is 0.333. The molecule has 28 heavy (non-hydrogen) atoms. The van der Waals surface area contributed by atoms with Gasteiger partial charge in [-0.1, -0.05) is 62.4 Å². The molecule has 0 N–H and O–H groups in total. The summed E-state index contributed by atoms with van der Waals surface area (Å²) in [7, 11) is 0. The lowest BCUT2D eigenvalue weighted by Crippen LogP contribution is -2.22. The van der Waals surface area contributed by atoms with Crippen LogP contribution in [0, 0.1) is 0 Å². The van der Waals surface area contributed by atoms with Crippen LogP contribution in [0.25, 0.3) is 32.3 Å². The summed E-state index contributed by atoms with van der Waals surface area (Å²) in [5, 5.41) is 8.33. The van der Waals surface area contributed by atoms with Gasteiger partial charge in [0.15, 0.2) is 0 Å². The molecule has 0 fully saturated rings. The highest BCUT2D eigenvalue weighted by atomic mass is 15.1. The molecule has 1 nitrogen and oxygen atoms in total. The van der Waals surface area contributed by atoms with Crippen molar-refractivity contribution in [1.82, 2.24) is 0 Å². The first-order valence-electron chi connectivity index (χ1n) is 10.8. The lowest BCUT2D eigenvalue weighted by molar-refractivity contribution is 0.647. The molecule has 1 heteroatoms. The standard InChI is InChI=1S/C27H31N/c1-5-19(6-2)24-17-25-22-15-11-12-16-23(22)27(28(7-3)8-4)18-26(25)21-14-10-9-13-20(21)24/h9-19H,5-8H2,1-4H3. The fourth-order valence-corrected chi connectivity index (χ4v) is 4.85. The molecule has 0 atom stereocenters. The van der Waals surface area contributed by atoms with Gasteiger partial charge in [-0.25, -0.2) is 0 Å². The Morgan fingerprint density at radius 1 is 0.607 bits per heavy atom. The first kappa shape index (κ1) is 18.8. The Hall–Kier alpha value is -2.54. The van der Waals surface area contributed by atoms with Gasteiger partial charge in [0.05, 0.1) is 0 Å². The Morgan fingerprint density at radius 2 is 1.11 bits per heavy atom. The van der Waals surface area contributed by atoms with Crippen LogP contribution in [-0.2, 0) is 0 Å². The molecule has 0 saturated carbocycles. The van der Waals surface area contributed by atoms with Crippen molar-refractivity contribution in [2.75, 3.05) is 18.0 Å². The van der Waals surface area contributed by atoms with E-state index in [2.05, 4.69) is 93.3 Å². The van der Waals surface area contributed by atoms with Gasteiger partial charge in [0.1, 0.15) is 0 Å². The third-order valence-corrected chi connectivity index (χ3v) is 6.42. The van der Waals surface area contributed by atoms with Gasteiger partial charge in [-0.15, -0.1) is 0 Å². The van der Waals surface area contributed by atoms with Gasteiger partial charge in [0.2, 0.25) is 0 Å². The average molecular weight is 370 g/mol. The molecule has 0 aliphatic carbocycles. The SMILES string of the molecule is CCC(CC)c1cc2c3ccccc3c(N(CC)CC)cc2c2ccccc12. The van der Waals surface area contributed by atoms with Gasteiger partial charge in [-0.05, 0) is 77.2 Å². The summed E-state index contributed by atoms with van der Waals surface area (Å²) in [5.41, 5.74) is 2.86. The van der Waals surface area contributed by atoms with Crippen molar-refractivity contribution in [3.8, 4) is 0 Å². The quantitative estimate of drug-likeness (QED) is 0.312. The van der Waals surface area contributed by atoms with Crippen LogP contribution < -0.4 is 4.90 Å². The summed E-state index contributed by atoms with van der Waals surface area (Å²) in [5.74, 6) is 0.607. The van der Waals surface area contributed by atoms with Crippen LogP contribution in [0.15, 0.2) is 60.7 Å². The summed E-state index contributed by atoms with van der Waals surface area (Å²) in [6, 6.07) is 22.9. The predicted octanol–water partition coefficient (Wildman–Crippen LogP) is 7.90. The molecule has 0 aliphatic heterocycles. The molecule has 0 aromatic heterocycles. The molecule has 0 radical (unpaired) electrons. The Bertz CT molecular complexity index is 1030. The van der Waals surface area contributed by atoms with Gasteiger partial charge in [-0.3, -0.25) is 0 Å².